The quantitative estimate of drug-likeness (QED) is 0.118. The fourth-order valence-electron chi connectivity index (χ4n) is 7.80. The molecule has 0 radical (unpaired) electrons. The lowest BCUT2D eigenvalue weighted by Crippen LogP contribution is -2.66. The van der Waals surface area contributed by atoms with E-state index in [-0.39, 0.29) is 45.6 Å². The molecule has 5 atom stereocenters. The lowest BCUT2D eigenvalue weighted by molar-refractivity contribution is -0.126. The van der Waals surface area contributed by atoms with E-state index in [0.29, 0.717) is 19.1 Å². The molecular formula is C46H73NO6Si3. The molecule has 5 rings (SSSR count). The molecule has 7 nitrogen and oxygen atoms in total. The van der Waals surface area contributed by atoms with E-state index < -0.39 is 25.0 Å². The van der Waals surface area contributed by atoms with Crippen LogP contribution in [0.15, 0.2) is 83.5 Å². The SMILES string of the molecule is C=C1C[C@H](C[C@@H]2C[C@H](O[Si](C)(C)C(C)(C)C)C[C@H](c3coc(CO[Si](C)(C)C(C)(C)C)n3)O2)O[C@@H](CCO[Si](c2ccccc2)(c2ccccc2)C(C)(C)C)C1. The number of rotatable bonds is 14. The fourth-order valence-corrected chi connectivity index (χ4v) is 14.7. The van der Waals surface area contributed by atoms with E-state index in [4.69, 9.17) is 32.2 Å². The standard InChI is InChI=1S/C46H73NO6Si3/c1-34-27-35(25-26-49-56(46(8,9)10,39-21-17-15-18-22-39)40-23-19-16-20-24-40)51-36(28-34)29-37-30-38(53-55(13,14)45(5,6)7)31-42(52-37)41-32-48-43(47-41)33-50-54(11,12)44(2,3)4/h15-24,32,35-38,42H,1,25-31,33H2,2-14H3/t35-,36+,37+,38-,42+/m0/s1. The average molecular weight is 820 g/mol. The van der Waals surface area contributed by atoms with Crippen LogP contribution >= 0.6 is 0 Å². The van der Waals surface area contributed by atoms with E-state index in [0.717, 1.165) is 44.2 Å². The lowest BCUT2D eigenvalue weighted by Gasteiger charge is -2.44. The summed E-state index contributed by atoms with van der Waals surface area (Å²) in [6.45, 7) is 35.3. The molecule has 2 saturated heterocycles. The number of aromatic nitrogens is 1. The first kappa shape index (κ1) is 44.9. The number of hydrogen-bond acceptors (Lipinski definition) is 7. The topological polar surface area (TPSA) is 72.2 Å². The highest BCUT2D eigenvalue weighted by Gasteiger charge is 2.50. The molecule has 0 saturated carbocycles. The lowest BCUT2D eigenvalue weighted by atomic mass is 9.91. The Kier molecular flexibility index (Phi) is 14.1. The molecule has 0 unspecified atom stereocenters. The van der Waals surface area contributed by atoms with Gasteiger partial charge in [0.05, 0.1) is 24.4 Å². The van der Waals surface area contributed by atoms with Gasteiger partial charge in [0.2, 0.25) is 5.89 Å². The second-order valence-corrected chi connectivity index (χ2v) is 34.4. The van der Waals surface area contributed by atoms with Crippen LogP contribution < -0.4 is 10.4 Å². The maximum Gasteiger partial charge on any atom is 0.261 e. The molecule has 2 aliphatic rings. The Morgan fingerprint density at radius 1 is 0.696 bits per heavy atom. The van der Waals surface area contributed by atoms with Crippen molar-refractivity contribution in [2.24, 2.45) is 0 Å². The minimum Gasteiger partial charge on any atom is -0.446 e. The molecule has 3 heterocycles. The van der Waals surface area contributed by atoms with E-state index in [2.05, 4.69) is 156 Å². The summed E-state index contributed by atoms with van der Waals surface area (Å²) in [5, 5.41) is 2.73. The van der Waals surface area contributed by atoms with Gasteiger partial charge >= 0.3 is 0 Å². The normalized spacial score (nSPS) is 23.4. The summed E-state index contributed by atoms with van der Waals surface area (Å²) < 4.78 is 40.6. The van der Waals surface area contributed by atoms with E-state index in [1.807, 2.05) is 0 Å². The van der Waals surface area contributed by atoms with Gasteiger partial charge in [-0.2, -0.15) is 0 Å². The molecule has 1 aromatic heterocycles. The molecule has 310 valence electrons. The van der Waals surface area contributed by atoms with Crippen LogP contribution in [0.5, 0.6) is 0 Å². The summed E-state index contributed by atoms with van der Waals surface area (Å²) in [7, 11) is -6.62. The van der Waals surface area contributed by atoms with Gasteiger partial charge < -0.3 is 27.2 Å². The van der Waals surface area contributed by atoms with Gasteiger partial charge in [0.25, 0.3) is 8.32 Å². The van der Waals surface area contributed by atoms with Crippen LogP contribution in [0.4, 0.5) is 0 Å². The third-order valence-corrected chi connectivity index (χ3v) is 27.1. The van der Waals surface area contributed by atoms with Gasteiger partial charge in [0.15, 0.2) is 16.6 Å². The first-order valence-corrected chi connectivity index (χ1v) is 28.7. The summed E-state index contributed by atoms with van der Waals surface area (Å²) in [6, 6.07) is 21.7. The Morgan fingerprint density at radius 2 is 1.27 bits per heavy atom. The first-order valence-electron chi connectivity index (χ1n) is 21.0. The Hall–Kier alpha value is -2.16. The van der Waals surface area contributed by atoms with Crippen LogP contribution in [0, 0.1) is 0 Å². The van der Waals surface area contributed by atoms with Gasteiger partial charge in [0.1, 0.15) is 24.7 Å². The van der Waals surface area contributed by atoms with Crippen LogP contribution in [0.2, 0.25) is 41.3 Å². The molecule has 10 heteroatoms. The molecular weight excluding hydrogens is 747 g/mol. The van der Waals surface area contributed by atoms with Crippen LogP contribution in [0.1, 0.15) is 119 Å². The molecule has 0 N–H and O–H groups in total. The highest BCUT2D eigenvalue weighted by Crippen LogP contribution is 2.43. The zero-order chi connectivity index (χ0) is 41.2. The highest BCUT2D eigenvalue weighted by atomic mass is 28.4. The summed E-state index contributed by atoms with van der Waals surface area (Å²) in [5.41, 5.74) is 2.06. The zero-order valence-corrected chi connectivity index (χ0v) is 40.0. The Morgan fingerprint density at radius 3 is 1.82 bits per heavy atom. The molecule has 3 aromatic rings. The third kappa shape index (κ3) is 10.7. The predicted octanol–water partition coefficient (Wildman–Crippen LogP) is 11.3. The van der Waals surface area contributed by atoms with Crippen molar-refractivity contribution in [1.82, 2.24) is 4.98 Å². The average Bonchev–Trinajstić information content (AvgIpc) is 3.57. The minimum absolute atomic E-state index is 0.0113. The van der Waals surface area contributed by atoms with Crippen molar-refractivity contribution in [3.05, 3.63) is 90.7 Å². The second-order valence-electron chi connectivity index (χ2n) is 20.5. The number of benzene rings is 2. The predicted molar refractivity (Wildman–Crippen MR) is 237 cm³/mol. The van der Waals surface area contributed by atoms with E-state index in [9.17, 15) is 0 Å². The Balaban J connectivity index is 1.29. The molecule has 56 heavy (non-hydrogen) atoms. The maximum atomic E-state index is 7.26. The van der Waals surface area contributed by atoms with Crippen molar-refractivity contribution in [2.45, 2.75) is 179 Å². The fraction of sp³-hybridized carbons (Fsp3) is 0.630. The molecule has 2 aliphatic heterocycles. The summed E-state index contributed by atoms with van der Waals surface area (Å²) >= 11 is 0. The molecule has 2 fully saturated rings. The molecule has 0 aliphatic carbocycles. The van der Waals surface area contributed by atoms with E-state index >= 15 is 0 Å². The van der Waals surface area contributed by atoms with Crippen LogP contribution in [0.3, 0.4) is 0 Å². The van der Waals surface area contributed by atoms with Gasteiger partial charge in [0, 0.05) is 19.4 Å². The van der Waals surface area contributed by atoms with Crippen LogP contribution in [-0.4, -0.2) is 61.0 Å². The molecule has 0 amide bonds. The first-order chi connectivity index (χ1) is 26.0. The van der Waals surface area contributed by atoms with Crippen molar-refractivity contribution in [3.8, 4) is 0 Å². The van der Waals surface area contributed by atoms with Gasteiger partial charge in [-0.05, 0) is 77.4 Å². The van der Waals surface area contributed by atoms with Crippen LogP contribution in [0.25, 0.3) is 0 Å². The number of nitrogens with zero attached hydrogens (tertiary/aromatic N) is 1. The summed E-state index contributed by atoms with van der Waals surface area (Å²) in [6.07, 6.45) is 6.46. The molecule has 2 aromatic carbocycles. The van der Waals surface area contributed by atoms with Gasteiger partial charge in [-0.1, -0.05) is 135 Å². The largest absolute Gasteiger partial charge is 0.446 e. The van der Waals surface area contributed by atoms with Gasteiger partial charge in [-0.15, -0.1) is 0 Å². The van der Waals surface area contributed by atoms with Crippen molar-refractivity contribution in [1.29, 1.82) is 0 Å². The summed E-state index contributed by atoms with van der Waals surface area (Å²) in [4.78, 5) is 4.92. The zero-order valence-electron chi connectivity index (χ0n) is 37.0. The third-order valence-electron chi connectivity index (χ3n) is 13.0. The second kappa shape index (κ2) is 17.6. The van der Waals surface area contributed by atoms with Crippen molar-refractivity contribution in [2.75, 3.05) is 6.61 Å². The van der Waals surface area contributed by atoms with Gasteiger partial charge in [-0.25, -0.2) is 4.98 Å². The van der Waals surface area contributed by atoms with E-state index in [1.165, 1.54) is 15.9 Å². The molecule has 0 bridgehead atoms. The number of oxazole rings is 1. The Labute approximate surface area is 342 Å². The summed E-state index contributed by atoms with van der Waals surface area (Å²) in [5.74, 6) is 0.604. The van der Waals surface area contributed by atoms with Crippen molar-refractivity contribution in [3.63, 3.8) is 0 Å². The Bertz CT molecular complexity index is 1670. The number of hydrogen-bond donors (Lipinski definition) is 0. The smallest absolute Gasteiger partial charge is 0.261 e. The number of ether oxygens (including phenoxy) is 2. The maximum absolute atomic E-state index is 7.26. The van der Waals surface area contributed by atoms with E-state index in [1.54, 1.807) is 6.26 Å². The minimum atomic E-state index is -2.63. The molecule has 0 spiro atoms. The van der Waals surface area contributed by atoms with Crippen molar-refractivity contribution < 1.29 is 27.2 Å². The van der Waals surface area contributed by atoms with Crippen molar-refractivity contribution >= 4 is 35.3 Å². The highest BCUT2D eigenvalue weighted by molar-refractivity contribution is 6.99. The van der Waals surface area contributed by atoms with Crippen LogP contribution in [-0.2, 0) is 29.4 Å². The van der Waals surface area contributed by atoms with Gasteiger partial charge in [-0.3, -0.25) is 0 Å². The monoisotopic (exact) mass is 819 g/mol.